The number of ether oxygens (including phenoxy) is 6. The number of terminal acetylenes is 1. The van der Waals surface area contributed by atoms with E-state index in [9.17, 15) is 28.8 Å². The molecule has 3 fully saturated rings. The summed E-state index contributed by atoms with van der Waals surface area (Å²) < 4.78 is 33.1. The molecule has 412 valence electrons. The number of carbonyl (C=O) groups excluding carboxylic acids is 6. The van der Waals surface area contributed by atoms with Crippen molar-refractivity contribution < 1.29 is 57.2 Å². The molecular formula is C69H64O12. The van der Waals surface area contributed by atoms with Crippen LogP contribution in [-0.4, -0.2) is 54.8 Å². The second-order valence-electron chi connectivity index (χ2n) is 20.6. The average molecular weight is 1090 g/mol. The summed E-state index contributed by atoms with van der Waals surface area (Å²) in [6.07, 6.45) is 14.5. The molecular weight excluding hydrogens is 1020 g/mol. The lowest BCUT2D eigenvalue weighted by Crippen LogP contribution is -2.37. The molecule has 0 bridgehead atoms. The van der Waals surface area contributed by atoms with E-state index in [1.807, 2.05) is 91.9 Å². The van der Waals surface area contributed by atoms with Gasteiger partial charge in [0.2, 0.25) is 6.79 Å². The van der Waals surface area contributed by atoms with Gasteiger partial charge in [-0.15, -0.1) is 6.42 Å². The zero-order valence-electron chi connectivity index (χ0n) is 45.5. The van der Waals surface area contributed by atoms with E-state index < -0.39 is 36.2 Å². The molecule has 3 aliphatic carbocycles. The number of esters is 6. The predicted molar refractivity (Wildman–Crippen MR) is 304 cm³/mol. The Kier molecular flexibility index (Phi) is 20.6. The molecule has 0 atom stereocenters. The first-order chi connectivity index (χ1) is 39.4. The zero-order chi connectivity index (χ0) is 57.0. The Morgan fingerprint density at radius 2 is 0.926 bits per heavy atom. The highest BCUT2D eigenvalue weighted by Gasteiger charge is 2.39. The Bertz CT molecular complexity index is 3270. The molecule has 12 nitrogen and oxygen atoms in total. The fourth-order valence-corrected chi connectivity index (χ4v) is 10.1. The SMILES string of the molecule is C#Cc1ccc(C#Cc2ccc(C#Cc3ccc(C#CC4(OC(=O)c5ccc(OC(=O)C6CCC(C(=O)OCCCC)CC6)cc5)CCC(c5ccc(OC(=O)C6CCC(C(=O)OCOC(=O)C=C)CC6)cc5)CC4)cc3)cc2)cc1. The highest BCUT2D eigenvalue weighted by molar-refractivity contribution is 5.90. The minimum Gasteiger partial charge on any atom is -0.465 e. The van der Waals surface area contributed by atoms with Crippen LogP contribution in [-0.2, 0) is 42.9 Å². The van der Waals surface area contributed by atoms with Crippen molar-refractivity contribution in [2.24, 2.45) is 23.7 Å². The van der Waals surface area contributed by atoms with Crippen molar-refractivity contribution in [3.05, 3.63) is 178 Å². The minimum absolute atomic E-state index is 0.113. The minimum atomic E-state index is -1.12. The van der Waals surface area contributed by atoms with E-state index in [-0.39, 0.29) is 47.1 Å². The number of unbranched alkanes of at least 4 members (excludes halogenated alkanes) is 1. The number of hydrogen-bond acceptors (Lipinski definition) is 12. The van der Waals surface area contributed by atoms with Gasteiger partial charge in [0.15, 0.2) is 5.60 Å². The lowest BCUT2D eigenvalue weighted by molar-refractivity contribution is -0.169. The van der Waals surface area contributed by atoms with Crippen LogP contribution in [0, 0.1) is 71.5 Å². The third kappa shape index (κ3) is 17.0. The van der Waals surface area contributed by atoms with E-state index in [0.717, 1.165) is 57.9 Å². The summed E-state index contributed by atoms with van der Waals surface area (Å²) in [5.41, 5.74) is 5.13. The highest BCUT2D eigenvalue weighted by atomic mass is 16.7. The first-order valence-corrected chi connectivity index (χ1v) is 27.7. The molecule has 0 unspecified atom stereocenters. The van der Waals surface area contributed by atoms with Crippen LogP contribution in [0.4, 0.5) is 0 Å². The van der Waals surface area contributed by atoms with Crippen LogP contribution in [0.5, 0.6) is 11.5 Å². The Labute approximate surface area is 474 Å². The Morgan fingerprint density at radius 3 is 1.36 bits per heavy atom. The smallest absolute Gasteiger partial charge is 0.339 e. The molecule has 0 N–H and O–H groups in total. The second-order valence-corrected chi connectivity index (χ2v) is 20.6. The van der Waals surface area contributed by atoms with Gasteiger partial charge in [0.05, 0.1) is 35.8 Å². The van der Waals surface area contributed by atoms with E-state index >= 15 is 0 Å². The van der Waals surface area contributed by atoms with E-state index in [2.05, 4.69) is 48.0 Å². The maximum Gasteiger partial charge on any atom is 0.339 e. The van der Waals surface area contributed by atoms with Gasteiger partial charge in [-0.25, -0.2) is 9.59 Å². The van der Waals surface area contributed by atoms with Crippen LogP contribution >= 0.6 is 0 Å². The van der Waals surface area contributed by atoms with Crippen LogP contribution in [0.3, 0.4) is 0 Å². The summed E-state index contributed by atoms with van der Waals surface area (Å²) in [6.45, 7) is 5.28. The maximum atomic E-state index is 14.0. The van der Waals surface area contributed by atoms with Gasteiger partial charge in [-0.2, -0.15) is 0 Å². The van der Waals surface area contributed by atoms with Crippen LogP contribution in [0.25, 0.3) is 0 Å². The Morgan fingerprint density at radius 1 is 0.519 bits per heavy atom. The van der Waals surface area contributed by atoms with E-state index in [0.29, 0.717) is 95.2 Å². The number of carbonyl (C=O) groups is 6. The standard InChI is InChI=1S/C69H64O12/c1-4-7-46-76-64(71)56-24-28-58(29-25-56)67(74)80-62-38-34-60(35-39-62)68(75)81-69(43-40-53-22-20-52(21-23-53)19-18-51-16-14-50(15-17-51)13-12-49-10-8-48(5-2)9-11-49)44-41-55(42-45-69)54-32-36-61(37-33-54)79-66(73)59-30-26-57(27-31-59)65(72)78-47-77-63(70)6-3/h2,6,8-11,14-17,20-23,32-39,55-59H,3-4,7,24-31,41-42,44-47H2,1H3. The first kappa shape index (κ1) is 58.1. The fraction of sp³-hybridized carbons (Fsp3) is 0.333. The van der Waals surface area contributed by atoms with Crippen molar-refractivity contribution in [1.82, 2.24) is 0 Å². The van der Waals surface area contributed by atoms with Crippen molar-refractivity contribution in [3.63, 3.8) is 0 Å². The van der Waals surface area contributed by atoms with Crippen LogP contribution in [0.15, 0.2) is 134 Å². The molecule has 0 heterocycles. The van der Waals surface area contributed by atoms with Gasteiger partial charge < -0.3 is 28.4 Å². The molecule has 0 radical (unpaired) electrons. The van der Waals surface area contributed by atoms with Crippen molar-refractivity contribution in [1.29, 1.82) is 0 Å². The summed E-state index contributed by atoms with van der Waals surface area (Å²) >= 11 is 0. The van der Waals surface area contributed by atoms with Gasteiger partial charge in [-0.05, 0) is 210 Å². The molecule has 8 rings (SSSR count). The molecule has 0 spiro atoms. The molecule has 0 aliphatic heterocycles. The topological polar surface area (TPSA) is 158 Å². The van der Waals surface area contributed by atoms with E-state index in [1.54, 1.807) is 36.4 Å². The van der Waals surface area contributed by atoms with E-state index in [1.165, 1.54) is 0 Å². The molecule has 5 aromatic rings. The largest absolute Gasteiger partial charge is 0.465 e. The van der Waals surface area contributed by atoms with Gasteiger partial charge in [-0.3, -0.25) is 19.2 Å². The molecule has 0 amide bonds. The third-order valence-electron chi connectivity index (χ3n) is 15.0. The van der Waals surface area contributed by atoms with Crippen LogP contribution in [0.2, 0.25) is 0 Å². The first-order valence-electron chi connectivity index (χ1n) is 27.7. The zero-order valence-corrected chi connectivity index (χ0v) is 45.5. The van der Waals surface area contributed by atoms with Crippen molar-refractivity contribution >= 4 is 35.8 Å². The fourth-order valence-electron chi connectivity index (χ4n) is 10.1. The average Bonchev–Trinajstić information content (AvgIpc) is 3.52. The van der Waals surface area contributed by atoms with Gasteiger partial charge in [0.25, 0.3) is 0 Å². The molecule has 81 heavy (non-hydrogen) atoms. The number of benzene rings is 5. The second kappa shape index (κ2) is 28.7. The predicted octanol–water partition coefficient (Wildman–Crippen LogP) is 11.8. The number of rotatable bonds is 15. The maximum absolute atomic E-state index is 14.0. The van der Waals surface area contributed by atoms with Crippen molar-refractivity contribution in [2.75, 3.05) is 13.4 Å². The quantitative estimate of drug-likeness (QED) is 0.0186. The lowest BCUT2D eigenvalue weighted by atomic mass is 9.76. The Balaban J connectivity index is 0.889. The molecule has 0 aromatic heterocycles. The van der Waals surface area contributed by atoms with Gasteiger partial charge in [0, 0.05) is 39.5 Å². The van der Waals surface area contributed by atoms with Crippen LogP contribution < -0.4 is 9.47 Å². The van der Waals surface area contributed by atoms with Crippen molar-refractivity contribution in [2.45, 2.75) is 108 Å². The lowest BCUT2D eigenvalue weighted by Gasteiger charge is -2.36. The Hall–Kier alpha value is -9.10. The van der Waals surface area contributed by atoms with Gasteiger partial charge in [0.1, 0.15) is 11.5 Å². The molecule has 0 saturated heterocycles. The van der Waals surface area contributed by atoms with E-state index in [4.69, 9.17) is 34.8 Å². The summed E-state index contributed by atoms with van der Waals surface area (Å²) in [5.74, 6) is 18.9. The van der Waals surface area contributed by atoms with Gasteiger partial charge in [-0.1, -0.05) is 67.6 Å². The summed E-state index contributed by atoms with van der Waals surface area (Å²) in [5, 5.41) is 0. The molecule has 3 saturated carbocycles. The normalized spacial score (nSPS) is 20.0. The van der Waals surface area contributed by atoms with Crippen molar-refractivity contribution in [3.8, 4) is 59.4 Å². The summed E-state index contributed by atoms with van der Waals surface area (Å²) in [7, 11) is 0. The monoisotopic (exact) mass is 1080 g/mol. The van der Waals surface area contributed by atoms with Gasteiger partial charge >= 0.3 is 35.8 Å². The summed E-state index contributed by atoms with van der Waals surface area (Å²) in [6, 6.07) is 36.7. The van der Waals surface area contributed by atoms with Crippen LogP contribution in [0.1, 0.15) is 152 Å². The summed E-state index contributed by atoms with van der Waals surface area (Å²) in [4.78, 5) is 76.5. The highest BCUT2D eigenvalue weighted by Crippen LogP contribution is 2.41. The number of hydrogen-bond donors (Lipinski definition) is 0. The molecule has 3 aliphatic rings. The third-order valence-corrected chi connectivity index (χ3v) is 15.0. The molecule has 5 aromatic carbocycles. The molecule has 12 heteroatoms.